The number of hydrogen-bond donors (Lipinski definition) is 1. The van der Waals surface area contributed by atoms with Gasteiger partial charge in [-0.25, -0.2) is 0 Å². The van der Waals surface area contributed by atoms with E-state index in [9.17, 15) is 9.59 Å². The topological polar surface area (TPSA) is 57.6 Å². The predicted octanol–water partition coefficient (Wildman–Crippen LogP) is 3.17. The first-order chi connectivity index (χ1) is 10.0. The minimum absolute atomic E-state index is 0.0485. The van der Waals surface area contributed by atoms with Gasteiger partial charge in [0.15, 0.2) is 0 Å². The molecule has 2 rings (SSSR count). The van der Waals surface area contributed by atoms with Gasteiger partial charge >= 0.3 is 5.97 Å². The van der Waals surface area contributed by atoms with Gasteiger partial charge in [0.05, 0.1) is 6.42 Å². The Kier molecular flexibility index (Phi) is 4.58. The van der Waals surface area contributed by atoms with E-state index >= 15 is 0 Å². The van der Waals surface area contributed by atoms with Crippen molar-refractivity contribution < 1.29 is 14.7 Å². The molecule has 1 unspecified atom stereocenters. The van der Waals surface area contributed by atoms with E-state index in [4.69, 9.17) is 5.11 Å². The van der Waals surface area contributed by atoms with Crippen LogP contribution in [0.3, 0.4) is 0 Å². The van der Waals surface area contributed by atoms with Crippen molar-refractivity contribution in [3.8, 4) is 0 Å². The van der Waals surface area contributed by atoms with Gasteiger partial charge in [0.1, 0.15) is 0 Å². The second-order valence-corrected chi connectivity index (χ2v) is 5.10. The summed E-state index contributed by atoms with van der Waals surface area (Å²) in [4.78, 5) is 25.0. The van der Waals surface area contributed by atoms with E-state index in [0.29, 0.717) is 12.1 Å². The van der Waals surface area contributed by atoms with Crippen LogP contribution in [-0.2, 0) is 4.79 Å². The Balaban J connectivity index is 2.28. The number of carbonyl (C=O) groups is 2. The molecule has 1 atom stereocenters. The van der Waals surface area contributed by atoms with Gasteiger partial charge in [0, 0.05) is 18.2 Å². The van der Waals surface area contributed by atoms with Crippen LogP contribution in [0.2, 0.25) is 0 Å². The molecule has 0 radical (unpaired) electrons. The molecule has 0 saturated heterocycles. The number of fused-ring (bicyclic) bond motifs is 1. The maximum atomic E-state index is 12.6. The smallest absolute Gasteiger partial charge is 0.305 e. The molecule has 0 fully saturated rings. The first-order valence-electron chi connectivity index (χ1n) is 7.04. The third-order valence-electron chi connectivity index (χ3n) is 3.60. The number of benzene rings is 2. The van der Waals surface area contributed by atoms with Crippen LogP contribution in [0.25, 0.3) is 10.8 Å². The van der Waals surface area contributed by atoms with Crippen LogP contribution in [0.1, 0.15) is 30.6 Å². The van der Waals surface area contributed by atoms with E-state index < -0.39 is 5.97 Å². The van der Waals surface area contributed by atoms with Crippen molar-refractivity contribution in [2.75, 3.05) is 6.54 Å². The minimum Gasteiger partial charge on any atom is -0.481 e. The Bertz CT molecular complexity index is 666. The molecule has 0 aliphatic carbocycles. The fraction of sp³-hybridized carbons (Fsp3) is 0.294. The molecule has 0 aromatic heterocycles. The fourth-order valence-corrected chi connectivity index (χ4v) is 2.51. The molecule has 0 saturated carbocycles. The van der Waals surface area contributed by atoms with Crippen molar-refractivity contribution >= 4 is 22.6 Å². The zero-order chi connectivity index (χ0) is 15.4. The van der Waals surface area contributed by atoms with Crippen molar-refractivity contribution in [1.82, 2.24) is 4.90 Å². The summed E-state index contributed by atoms with van der Waals surface area (Å²) < 4.78 is 0. The van der Waals surface area contributed by atoms with Gasteiger partial charge in [-0.2, -0.15) is 0 Å². The molecular weight excluding hydrogens is 266 g/mol. The molecule has 0 spiro atoms. The number of carboxylic acid groups (broad SMARTS) is 1. The maximum absolute atomic E-state index is 12.6. The molecule has 2 aromatic carbocycles. The molecular formula is C17H19NO3. The van der Waals surface area contributed by atoms with Crippen molar-refractivity contribution in [2.45, 2.75) is 26.3 Å². The summed E-state index contributed by atoms with van der Waals surface area (Å²) in [5, 5.41) is 11.0. The van der Waals surface area contributed by atoms with Crippen molar-refractivity contribution in [2.24, 2.45) is 0 Å². The Labute approximate surface area is 124 Å². The summed E-state index contributed by atoms with van der Waals surface area (Å²) in [6, 6.07) is 13.1. The minimum atomic E-state index is -0.896. The highest BCUT2D eigenvalue weighted by atomic mass is 16.4. The van der Waals surface area contributed by atoms with E-state index in [1.54, 1.807) is 17.9 Å². The molecule has 21 heavy (non-hydrogen) atoms. The molecule has 4 nitrogen and oxygen atoms in total. The number of carboxylic acids is 1. The highest BCUT2D eigenvalue weighted by Gasteiger charge is 2.22. The van der Waals surface area contributed by atoms with Gasteiger partial charge in [-0.05, 0) is 36.8 Å². The van der Waals surface area contributed by atoms with Gasteiger partial charge < -0.3 is 10.0 Å². The second kappa shape index (κ2) is 6.39. The summed E-state index contributed by atoms with van der Waals surface area (Å²) >= 11 is 0. The fourth-order valence-electron chi connectivity index (χ4n) is 2.51. The average Bonchev–Trinajstić information content (AvgIpc) is 2.46. The normalized spacial score (nSPS) is 12.1. The lowest BCUT2D eigenvalue weighted by atomic mass is 10.1. The molecule has 0 aliphatic rings. The van der Waals surface area contributed by atoms with E-state index in [1.807, 2.05) is 43.3 Å². The first kappa shape index (κ1) is 15.0. The van der Waals surface area contributed by atoms with Gasteiger partial charge in [-0.15, -0.1) is 0 Å². The average molecular weight is 285 g/mol. The monoisotopic (exact) mass is 285 g/mol. The van der Waals surface area contributed by atoms with Crippen LogP contribution in [0.15, 0.2) is 42.5 Å². The summed E-state index contributed by atoms with van der Waals surface area (Å²) in [6.45, 7) is 4.11. The first-order valence-corrected chi connectivity index (χ1v) is 7.04. The zero-order valence-electron chi connectivity index (χ0n) is 12.2. The Hall–Kier alpha value is -2.36. The SMILES string of the molecule is CCN(C(=O)c1ccc2ccccc2c1)C(C)CC(=O)O. The number of amides is 1. The van der Waals surface area contributed by atoms with Crippen LogP contribution >= 0.6 is 0 Å². The summed E-state index contributed by atoms with van der Waals surface area (Å²) in [6.07, 6.45) is -0.0485. The molecule has 110 valence electrons. The van der Waals surface area contributed by atoms with Crippen molar-refractivity contribution in [3.05, 3.63) is 48.0 Å². The quantitative estimate of drug-likeness (QED) is 0.918. The van der Waals surface area contributed by atoms with E-state index in [2.05, 4.69) is 0 Å². The molecule has 0 heterocycles. The molecule has 1 amide bonds. The largest absolute Gasteiger partial charge is 0.481 e. The van der Waals surface area contributed by atoms with Crippen LogP contribution in [-0.4, -0.2) is 34.5 Å². The highest BCUT2D eigenvalue weighted by molar-refractivity contribution is 5.98. The third-order valence-corrected chi connectivity index (χ3v) is 3.60. The highest BCUT2D eigenvalue weighted by Crippen LogP contribution is 2.18. The lowest BCUT2D eigenvalue weighted by Crippen LogP contribution is -2.39. The van der Waals surface area contributed by atoms with Gasteiger partial charge in [-0.3, -0.25) is 9.59 Å². The standard InChI is InChI=1S/C17H19NO3/c1-3-18(12(2)10-16(19)20)17(21)15-9-8-13-6-4-5-7-14(13)11-15/h4-9,11-12H,3,10H2,1-2H3,(H,19,20). The van der Waals surface area contributed by atoms with Crippen molar-refractivity contribution in [3.63, 3.8) is 0 Å². The Morgan fingerprint density at radius 2 is 1.81 bits per heavy atom. The predicted molar refractivity (Wildman–Crippen MR) is 82.4 cm³/mol. The Morgan fingerprint density at radius 3 is 2.43 bits per heavy atom. The summed E-state index contributed by atoms with van der Waals surface area (Å²) in [5.41, 5.74) is 0.591. The van der Waals surface area contributed by atoms with Crippen molar-refractivity contribution in [1.29, 1.82) is 0 Å². The van der Waals surface area contributed by atoms with Crippen LogP contribution < -0.4 is 0 Å². The molecule has 1 N–H and O–H groups in total. The third kappa shape index (κ3) is 3.40. The summed E-state index contributed by atoms with van der Waals surface area (Å²) in [7, 11) is 0. The maximum Gasteiger partial charge on any atom is 0.305 e. The molecule has 0 aliphatic heterocycles. The Morgan fingerprint density at radius 1 is 1.14 bits per heavy atom. The summed E-state index contributed by atoms with van der Waals surface area (Å²) in [5.74, 6) is -1.02. The lowest BCUT2D eigenvalue weighted by Gasteiger charge is -2.27. The number of nitrogens with zero attached hydrogens (tertiary/aromatic N) is 1. The van der Waals surface area contributed by atoms with Gasteiger partial charge in [0.2, 0.25) is 0 Å². The van der Waals surface area contributed by atoms with Crippen LogP contribution in [0.5, 0.6) is 0 Å². The molecule has 2 aromatic rings. The number of carbonyl (C=O) groups excluding carboxylic acids is 1. The van der Waals surface area contributed by atoms with Crippen LogP contribution in [0, 0.1) is 0 Å². The lowest BCUT2D eigenvalue weighted by molar-refractivity contribution is -0.138. The zero-order valence-corrected chi connectivity index (χ0v) is 12.2. The van der Waals surface area contributed by atoms with Crippen LogP contribution in [0.4, 0.5) is 0 Å². The number of aliphatic carboxylic acids is 1. The number of hydrogen-bond acceptors (Lipinski definition) is 2. The van der Waals surface area contributed by atoms with E-state index in [0.717, 1.165) is 10.8 Å². The van der Waals surface area contributed by atoms with E-state index in [-0.39, 0.29) is 18.4 Å². The van der Waals surface area contributed by atoms with E-state index in [1.165, 1.54) is 0 Å². The van der Waals surface area contributed by atoms with Gasteiger partial charge in [-0.1, -0.05) is 30.3 Å². The van der Waals surface area contributed by atoms with Gasteiger partial charge in [0.25, 0.3) is 5.91 Å². The molecule has 4 heteroatoms. The number of rotatable bonds is 5. The second-order valence-electron chi connectivity index (χ2n) is 5.10. The molecule has 0 bridgehead atoms.